The van der Waals surface area contributed by atoms with E-state index in [4.69, 9.17) is 0 Å². The molecule has 19 aromatic carbocycles. The summed E-state index contributed by atoms with van der Waals surface area (Å²) in [5.74, 6) is 0. The lowest BCUT2D eigenvalue weighted by Crippen LogP contribution is -1.93. The topological polar surface area (TPSA) is 24.6 Å². The third kappa shape index (κ3) is 14.4. The SMILES string of the molecule is Cc1ccc(-n2c3ccccc3c3ccccc32)cc1.Cc1ccc2c(c1)c1ccc(-c3ccccc3)cc1n2-c1ccccc1.Cc1ccc2c3ccc(-c4ccccc4)cc3n(-c3ccccc3)c2c1.Cc1ccc2c3ccccc3n(-c3ccc(-c4ccccc4)cc3)c2c1.Cc1ccc2c3ccccc3n(-c3ccc4ccccc4c3)c2c1. The molecule has 5 heterocycles. The quantitative estimate of drug-likeness (QED) is 0.145. The number of rotatable bonds is 8. The summed E-state index contributed by atoms with van der Waals surface area (Å²) in [4.78, 5) is 0. The van der Waals surface area contributed by atoms with Crippen LogP contribution in [0.5, 0.6) is 0 Å². The van der Waals surface area contributed by atoms with E-state index < -0.39 is 0 Å². The van der Waals surface area contributed by atoms with Crippen LogP contribution in [-0.4, -0.2) is 22.8 Å². The molecule has 582 valence electrons. The number of para-hydroxylation sites is 6. The summed E-state index contributed by atoms with van der Waals surface area (Å²) in [7, 11) is 0. The first-order chi connectivity index (χ1) is 60.1. The average Bonchev–Trinajstić information content (AvgIpc) is 1.62. The third-order valence-corrected chi connectivity index (χ3v) is 23.8. The van der Waals surface area contributed by atoms with Gasteiger partial charge in [-0.15, -0.1) is 0 Å². The van der Waals surface area contributed by atoms with Gasteiger partial charge in [0.05, 0.1) is 55.2 Å². The highest BCUT2D eigenvalue weighted by Gasteiger charge is 2.19. The van der Waals surface area contributed by atoms with Gasteiger partial charge in [0.15, 0.2) is 0 Å². The minimum Gasteiger partial charge on any atom is -0.309 e. The van der Waals surface area contributed by atoms with Crippen LogP contribution >= 0.6 is 0 Å². The molecule has 5 heteroatoms. The van der Waals surface area contributed by atoms with Crippen molar-refractivity contribution < 1.29 is 0 Å². The highest BCUT2D eigenvalue weighted by molar-refractivity contribution is 6.14. The lowest BCUT2D eigenvalue weighted by molar-refractivity contribution is 1.17. The van der Waals surface area contributed by atoms with Crippen molar-refractivity contribution in [1.82, 2.24) is 22.8 Å². The Morgan fingerprint density at radius 3 is 0.795 bits per heavy atom. The van der Waals surface area contributed by atoms with Crippen LogP contribution in [0, 0.1) is 34.6 Å². The summed E-state index contributed by atoms with van der Waals surface area (Å²) in [5.41, 5.74) is 32.5. The van der Waals surface area contributed by atoms with Crippen molar-refractivity contribution in [1.29, 1.82) is 0 Å². The average molecular weight is 1570 g/mol. The lowest BCUT2D eigenvalue weighted by Gasteiger charge is -2.09. The molecule has 0 fully saturated rings. The minimum atomic E-state index is 1.20. The van der Waals surface area contributed by atoms with Gasteiger partial charge in [-0.1, -0.05) is 333 Å². The monoisotopic (exact) mass is 1560 g/mol. The van der Waals surface area contributed by atoms with Crippen molar-refractivity contribution in [3.05, 3.63) is 477 Å². The van der Waals surface area contributed by atoms with Crippen LogP contribution in [0.25, 0.3) is 182 Å². The zero-order valence-corrected chi connectivity index (χ0v) is 69.0. The summed E-state index contributed by atoms with van der Waals surface area (Å²) < 4.78 is 11.8. The largest absolute Gasteiger partial charge is 0.309 e. The second kappa shape index (κ2) is 32.7. The van der Waals surface area contributed by atoms with Gasteiger partial charge < -0.3 is 22.8 Å². The van der Waals surface area contributed by atoms with E-state index in [2.05, 4.69) is 506 Å². The van der Waals surface area contributed by atoms with Crippen molar-refractivity contribution in [2.24, 2.45) is 0 Å². The Labute approximate surface area is 711 Å². The molecule has 0 unspecified atom stereocenters. The van der Waals surface area contributed by atoms with E-state index in [0.29, 0.717) is 0 Å². The number of hydrogen-bond acceptors (Lipinski definition) is 0. The van der Waals surface area contributed by atoms with Crippen LogP contribution in [0.2, 0.25) is 0 Å². The fourth-order valence-electron chi connectivity index (χ4n) is 18.0. The van der Waals surface area contributed by atoms with Gasteiger partial charge in [-0.25, -0.2) is 0 Å². The van der Waals surface area contributed by atoms with Gasteiger partial charge in [-0.3, -0.25) is 0 Å². The summed E-state index contributed by atoms with van der Waals surface area (Å²) >= 11 is 0. The van der Waals surface area contributed by atoms with Gasteiger partial charge >= 0.3 is 0 Å². The first-order valence-corrected chi connectivity index (χ1v) is 42.1. The second-order valence-electron chi connectivity index (χ2n) is 32.0. The van der Waals surface area contributed by atoms with Crippen LogP contribution < -0.4 is 0 Å². The molecule has 0 bridgehead atoms. The fourth-order valence-corrected chi connectivity index (χ4v) is 18.0. The van der Waals surface area contributed by atoms with E-state index in [0.717, 1.165) is 0 Å². The fraction of sp³-hybridized carbons (Fsp3) is 0.0427. The maximum Gasteiger partial charge on any atom is 0.0547 e. The van der Waals surface area contributed by atoms with Gasteiger partial charge in [0.1, 0.15) is 0 Å². The Kier molecular flexibility index (Phi) is 20.2. The molecule has 0 aliphatic carbocycles. The van der Waals surface area contributed by atoms with Crippen LogP contribution in [0.4, 0.5) is 0 Å². The van der Waals surface area contributed by atoms with E-state index in [-0.39, 0.29) is 0 Å². The highest BCUT2D eigenvalue weighted by Crippen LogP contribution is 2.41. The normalized spacial score (nSPS) is 11.3. The summed E-state index contributed by atoms with van der Waals surface area (Å²) in [6.45, 7) is 10.7. The van der Waals surface area contributed by atoms with Crippen molar-refractivity contribution in [3.8, 4) is 61.8 Å². The molecule has 0 saturated heterocycles. The Balaban J connectivity index is 0.0000000973. The predicted molar refractivity (Wildman–Crippen MR) is 521 cm³/mol. The Bertz CT molecular complexity index is 7840. The van der Waals surface area contributed by atoms with Crippen molar-refractivity contribution in [2.75, 3.05) is 0 Å². The van der Waals surface area contributed by atoms with E-state index in [1.807, 2.05) is 0 Å². The van der Waals surface area contributed by atoms with Gasteiger partial charge in [0.2, 0.25) is 0 Å². The molecule has 122 heavy (non-hydrogen) atoms. The number of fused-ring (bicyclic) bond motifs is 16. The zero-order valence-electron chi connectivity index (χ0n) is 69.0. The zero-order chi connectivity index (χ0) is 82.2. The van der Waals surface area contributed by atoms with Crippen LogP contribution in [0.15, 0.2) is 449 Å². The first kappa shape index (κ1) is 75.2. The number of benzene rings is 19. The van der Waals surface area contributed by atoms with Crippen molar-refractivity contribution >= 4 is 120 Å². The van der Waals surface area contributed by atoms with E-state index >= 15 is 0 Å². The van der Waals surface area contributed by atoms with Crippen molar-refractivity contribution in [2.45, 2.75) is 34.6 Å². The van der Waals surface area contributed by atoms with Gasteiger partial charge in [-0.05, 0) is 223 Å². The summed E-state index contributed by atoms with van der Waals surface area (Å²) in [5, 5.41) is 15.6. The molecule has 0 saturated carbocycles. The molecule has 5 aromatic heterocycles. The molecule has 0 aliphatic rings. The minimum absolute atomic E-state index is 1.20. The molecule has 5 nitrogen and oxygen atoms in total. The molecule has 0 radical (unpaired) electrons. The molecule has 0 atom stereocenters. The Hall–Kier alpha value is -15.6. The second-order valence-corrected chi connectivity index (χ2v) is 32.0. The predicted octanol–water partition coefficient (Wildman–Crippen LogP) is 31.6. The molecular weight excluding hydrogens is 1480 g/mol. The third-order valence-electron chi connectivity index (χ3n) is 23.8. The number of aryl methyl sites for hydroxylation is 5. The van der Waals surface area contributed by atoms with E-state index in [9.17, 15) is 0 Å². The van der Waals surface area contributed by atoms with Gasteiger partial charge in [0.25, 0.3) is 0 Å². The number of nitrogens with zero attached hydrogens (tertiary/aromatic N) is 5. The molecule has 0 N–H and O–H groups in total. The number of aromatic nitrogens is 5. The molecule has 0 amide bonds. The molecule has 24 aromatic rings. The number of hydrogen-bond donors (Lipinski definition) is 0. The van der Waals surface area contributed by atoms with E-state index in [1.165, 1.54) is 209 Å². The Morgan fingerprint density at radius 2 is 0.369 bits per heavy atom. The maximum atomic E-state index is 2.38. The van der Waals surface area contributed by atoms with Crippen LogP contribution in [-0.2, 0) is 0 Å². The van der Waals surface area contributed by atoms with Gasteiger partial charge in [-0.2, -0.15) is 0 Å². The van der Waals surface area contributed by atoms with Gasteiger partial charge in [0, 0.05) is 82.3 Å². The molecule has 24 rings (SSSR count). The first-order valence-electron chi connectivity index (χ1n) is 42.1. The van der Waals surface area contributed by atoms with Crippen LogP contribution in [0.1, 0.15) is 27.8 Å². The maximum absolute atomic E-state index is 2.38. The summed E-state index contributed by atoms with van der Waals surface area (Å²) in [6, 6.07) is 161. The standard InChI is InChI=1S/3C25H19N.C23H17N.C19H15N/c1-18-12-15-24-23(16-18)22-14-13-20(19-8-4-2-5-9-19)17-25(22)26(24)21-10-6-3-7-11-21;1-18-12-14-22-23-15-13-20(19-8-4-2-5-9-19)17-25(23)26(24(22)16-18)21-10-6-3-7-11-21;1-18-11-16-23-22-9-5-6-10-24(22)26(25(23)17-18)21-14-12-20(13-15-21)19-7-3-2-4-8-19;1-16-10-13-21-20-8-4-5-9-22(20)24(23(21)14-16)19-12-11-17-6-2-3-7-18(17)15-19;1-14-10-12-15(13-11-14)20-18-8-4-2-6-16(18)17-7-3-5-9-19(17)20/h3*2-17H,1H3;2-15H,1H3;2-13H,1H3. The van der Waals surface area contributed by atoms with Crippen molar-refractivity contribution in [3.63, 3.8) is 0 Å². The highest BCUT2D eigenvalue weighted by atomic mass is 15.0. The van der Waals surface area contributed by atoms with E-state index in [1.54, 1.807) is 0 Å². The summed E-state index contributed by atoms with van der Waals surface area (Å²) in [6.07, 6.45) is 0. The molecule has 0 aliphatic heterocycles. The Morgan fingerprint density at radius 1 is 0.123 bits per heavy atom. The molecular formula is C117H89N5. The molecule has 0 spiro atoms. The lowest BCUT2D eigenvalue weighted by atomic mass is 10.0. The smallest absolute Gasteiger partial charge is 0.0547 e. The van der Waals surface area contributed by atoms with Crippen LogP contribution in [0.3, 0.4) is 0 Å².